The maximum absolute atomic E-state index is 11.5. The largest absolute Gasteiger partial charge is 0.453 e. The van der Waals surface area contributed by atoms with Gasteiger partial charge in [-0.2, -0.15) is 21.8 Å². The van der Waals surface area contributed by atoms with Crippen LogP contribution in [0.2, 0.25) is 0 Å². The summed E-state index contributed by atoms with van der Waals surface area (Å²) in [5.41, 5.74) is -0.529. The molecule has 1 aromatic heterocycles. The molecule has 0 unspecified atom stereocenters. The lowest BCUT2D eigenvalue weighted by atomic mass is 10.1. The Hall–Kier alpha value is -1.54. The van der Waals surface area contributed by atoms with Crippen LogP contribution >= 0.6 is 0 Å². The molecule has 0 aromatic carbocycles. The van der Waals surface area contributed by atoms with Gasteiger partial charge in [0.1, 0.15) is 12.2 Å². The Balaban J connectivity index is 1.89. The molecule has 3 heterocycles. The minimum atomic E-state index is -3.88. The molecule has 0 bridgehead atoms. The first-order chi connectivity index (χ1) is 11.0. The van der Waals surface area contributed by atoms with Crippen molar-refractivity contribution in [1.29, 1.82) is 0 Å². The van der Waals surface area contributed by atoms with E-state index in [0.717, 1.165) is 12.5 Å². The Morgan fingerprint density at radius 2 is 1.96 bits per heavy atom. The van der Waals surface area contributed by atoms with Gasteiger partial charge in [-0.05, 0) is 0 Å². The van der Waals surface area contributed by atoms with Crippen LogP contribution in [-0.2, 0) is 33.3 Å². The monoisotopic (exact) mass is 382 g/mol. The average Bonchev–Trinajstić information content (AvgIpc) is 2.91. The highest BCUT2D eigenvalue weighted by Crippen LogP contribution is 2.40. The third-order valence-electron chi connectivity index (χ3n) is 3.34. The SMILES string of the molecule is CS(=O)(=O)OC[C@@H]1O[C@@H]2[C@@H](Oc3nc(=O)ccn32)[C@H]1OS(C)(=O)=O. The number of hydrogen-bond donors (Lipinski definition) is 0. The van der Waals surface area contributed by atoms with Crippen LogP contribution in [0.1, 0.15) is 6.23 Å². The zero-order valence-corrected chi connectivity index (χ0v) is 14.2. The molecule has 1 saturated heterocycles. The molecule has 0 aliphatic carbocycles. The number of rotatable bonds is 5. The summed E-state index contributed by atoms with van der Waals surface area (Å²) in [7, 11) is -7.64. The van der Waals surface area contributed by atoms with Gasteiger partial charge in [0.15, 0.2) is 12.3 Å². The van der Waals surface area contributed by atoms with Crippen molar-refractivity contribution in [3.8, 4) is 6.01 Å². The van der Waals surface area contributed by atoms with Crippen LogP contribution in [0.4, 0.5) is 0 Å². The Morgan fingerprint density at radius 1 is 1.25 bits per heavy atom. The number of aromatic nitrogens is 2. The summed E-state index contributed by atoms with van der Waals surface area (Å²) in [4.78, 5) is 14.9. The molecule has 11 nitrogen and oxygen atoms in total. The Kier molecular flexibility index (Phi) is 4.16. The zero-order valence-electron chi connectivity index (χ0n) is 12.6. The molecule has 2 aliphatic heterocycles. The van der Waals surface area contributed by atoms with Gasteiger partial charge in [0.2, 0.25) is 0 Å². The predicted octanol–water partition coefficient (Wildman–Crippen LogP) is -1.78. The van der Waals surface area contributed by atoms with E-state index in [1.165, 1.54) is 16.8 Å². The van der Waals surface area contributed by atoms with Gasteiger partial charge >= 0.3 is 6.01 Å². The summed E-state index contributed by atoms with van der Waals surface area (Å²) in [6.45, 7) is -0.446. The van der Waals surface area contributed by atoms with E-state index in [-0.39, 0.29) is 6.01 Å². The third kappa shape index (κ3) is 3.59. The quantitative estimate of drug-likeness (QED) is 0.537. The summed E-state index contributed by atoms with van der Waals surface area (Å²) in [6, 6.07) is 1.15. The molecule has 0 radical (unpaired) electrons. The molecule has 24 heavy (non-hydrogen) atoms. The van der Waals surface area contributed by atoms with Gasteiger partial charge in [-0.3, -0.25) is 17.7 Å². The van der Waals surface area contributed by atoms with Gasteiger partial charge in [-0.25, -0.2) is 0 Å². The van der Waals surface area contributed by atoms with Gasteiger partial charge in [0.05, 0.1) is 19.1 Å². The van der Waals surface area contributed by atoms with Crippen molar-refractivity contribution in [3.63, 3.8) is 0 Å². The molecule has 0 amide bonds. The Labute approximate surface area is 137 Å². The van der Waals surface area contributed by atoms with E-state index in [2.05, 4.69) is 9.17 Å². The highest BCUT2D eigenvalue weighted by molar-refractivity contribution is 7.86. The molecule has 3 rings (SSSR count). The standard InChI is InChI=1S/C11H14N2O9S2/c1-23(15,16)19-5-6-8(22-24(2,17)18)9-10(20-6)13-4-3-7(14)12-11(13)21-9/h3-4,6,8-10H,5H2,1-2H3/t6-,8-,9-,10+/m0/s1. The Bertz CT molecular complexity index is 908. The maximum Gasteiger partial charge on any atom is 0.302 e. The molecular formula is C11H14N2O9S2. The van der Waals surface area contributed by atoms with Crippen LogP contribution in [0.25, 0.3) is 0 Å². The summed E-state index contributed by atoms with van der Waals surface area (Å²) < 4.78 is 67.4. The van der Waals surface area contributed by atoms with Crippen LogP contribution in [-0.4, -0.2) is 63.8 Å². The molecule has 0 saturated carbocycles. The minimum Gasteiger partial charge on any atom is -0.453 e. The van der Waals surface area contributed by atoms with Crippen molar-refractivity contribution in [2.75, 3.05) is 19.1 Å². The molecule has 1 aromatic rings. The smallest absolute Gasteiger partial charge is 0.302 e. The third-order valence-corrected chi connectivity index (χ3v) is 4.47. The van der Waals surface area contributed by atoms with E-state index in [9.17, 15) is 21.6 Å². The number of fused-ring (bicyclic) bond motifs is 3. The molecule has 0 N–H and O–H groups in total. The second-order valence-corrected chi connectivity index (χ2v) is 8.60. The molecular weight excluding hydrogens is 368 g/mol. The van der Waals surface area contributed by atoms with Crippen LogP contribution in [0.3, 0.4) is 0 Å². The number of hydrogen-bond acceptors (Lipinski definition) is 10. The molecule has 13 heteroatoms. The zero-order chi connectivity index (χ0) is 17.7. The van der Waals surface area contributed by atoms with E-state index in [4.69, 9.17) is 13.7 Å². The highest BCUT2D eigenvalue weighted by atomic mass is 32.2. The van der Waals surface area contributed by atoms with Crippen LogP contribution in [0.15, 0.2) is 17.1 Å². The minimum absolute atomic E-state index is 0.0397. The molecule has 0 spiro atoms. The van der Waals surface area contributed by atoms with E-state index in [1.807, 2.05) is 0 Å². The Morgan fingerprint density at radius 3 is 2.58 bits per heavy atom. The van der Waals surface area contributed by atoms with Gasteiger partial charge in [0, 0.05) is 12.3 Å². The summed E-state index contributed by atoms with van der Waals surface area (Å²) in [5, 5.41) is 0. The van der Waals surface area contributed by atoms with Crippen molar-refractivity contribution < 1.29 is 34.7 Å². The molecule has 2 aliphatic rings. The topological polar surface area (TPSA) is 140 Å². The first kappa shape index (κ1) is 17.3. The molecule has 4 atom stereocenters. The second kappa shape index (κ2) is 5.77. The van der Waals surface area contributed by atoms with Crippen molar-refractivity contribution in [1.82, 2.24) is 9.55 Å². The van der Waals surface area contributed by atoms with Crippen molar-refractivity contribution in [3.05, 3.63) is 22.6 Å². The number of ether oxygens (including phenoxy) is 2. The van der Waals surface area contributed by atoms with Gasteiger partial charge < -0.3 is 9.47 Å². The number of nitrogens with zero attached hydrogens (tertiary/aromatic N) is 2. The fourth-order valence-electron chi connectivity index (χ4n) is 2.50. The first-order valence-corrected chi connectivity index (χ1v) is 10.3. The summed E-state index contributed by atoms with van der Waals surface area (Å²) in [5.74, 6) is 0. The van der Waals surface area contributed by atoms with Crippen LogP contribution in [0.5, 0.6) is 6.01 Å². The van der Waals surface area contributed by atoms with Crippen molar-refractivity contribution in [2.45, 2.75) is 24.5 Å². The maximum atomic E-state index is 11.5. The van der Waals surface area contributed by atoms with E-state index in [1.54, 1.807) is 0 Å². The fraction of sp³-hybridized carbons (Fsp3) is 0.636. The lowest BCUT2D eigenvalue weighted by Crippen LogP contribution is -2.40. The predicted molar refractivity (Wildman–Crippen MR) is 77.3 cm³/mol. The average molecular weight is 382 g/mol. The summed E-state index contributed by atoms with van der Waals surface area (Å²) >= 11 is 0. The van der Waals surface area contributed by atoms with E-state index >= 15 is 0 Å². The second-order valence-electron chi connectivity index (χ2n) is 5.36. The highest BCUT2D eigenvalue weighted by Gasteiger charge is 2.54. The lowest BCUT2D eigenvalue weighted by molar-refractivity contribution is -0.0322. The first-order valence-electron chi connectivity index (χ1n) is 6.67. The fourth-order valence-corrected chi connectivity index (χ4v) is 3.52. The van der Waals surface area contributed by atoms with Crippen molar-refractivity contribution in [2.24, 2.45) is 0 Å². The van der Waals surface area contributed by atoms with Gasteiger partial charge in [-0.15, -0.1) is 0 Å². The lowest BCUT2D eigenvalue weighted by Gasteiger charge is -2.20. The van der Waals surface area contributed by atoms with Crippen LogP contribution in [0, 0.1) is 0 Å². The van der Waals surface area contributed by atoms with E-state index < -0.39 is 56.9 Å². The van der Waals surface area contributed by atoms with E-state index in [0.29, 0.717) is 0 Å². The molecule has 134 valence electrons. The summed E-state index contributed by atoms with van der Waals surface area (Å²) in [6.07, 6.45) is -0.851. The molecule has 1 fully saturated rings. The van der Waals surface area contributed by atoms with Gasteiger partial charge in [0.25, 0.3) is 25.8 Å². The normalized spacial score (nSPS) is 29.1. The van der Waals surface area contributed by atoms with Crippen molar-refractivity contribution >= 4 is 20.2 Å². The van der Waals surface area contributed by atoms with Crippen LogP contribution < -0.4 is 10.3 Å². The van der Waals surface area contributed by atoms with Gasteiger partial charge in [-0.1, -0.05) is 0 Å².